The Hall–Kier alpha value is -0.860. The fourth-order valence-electron chi connectivity index (χ4n) is 3.33. The van der Waals surface area contributed by atoms with E-state index in [4.69, 9.17) is 5.73 Å². The van der Waals surface area contributed by atoms with E-state index in [1.54, 1.807) is 0 Å². The number of hydrogen-bond acceptors (Lipinski definition) is 7. The van der Waals surface area contributed by atoms with Crippen molar-refractivity contribution in [2.45, 2.75) is 42.7 Å². The lowest BCUT2D eigenvalue weighted by atomic mass is 9.99. The molecule has 0 saturated carbocycles. The van der Waals surface area contributed by atoms with Gasteiger partial charge >= 0.3 is 0 Å². The summed E-state index contributed by atoms with van der Waals surface area (Å²) in [5.74, 6) is 0.110. The van der Waals surface area contributed by atoms with Crippen LogP contribution in [0.15, 0.2) is 4.90 Å². The van der Waals surface area contributed by atoms with Gasteiger partial charge in [-0.1, -0.05) is 6.42 Å². The average molecular weight is 316 g/mol. The number of nitrogens with one attached hydrogen (secondary N) is 1. The fraction of sp³-hybridized carbons (Fsp3) is 0.750. The van der Waals surface area contributed by atoms with Crippen LogP contribution in [0.4, 0.5) is 10.8 Å². The van der Waals surface area contributed by atoms with E-state index in [0.29, 0.717) is 17.1 Å². The smallest absolute Gasteiger partial charge is 0.182 e. The molecule has 2 atom stereocenters. The topological polar surface area (TPSA) is 88.3 Å². The largest absolute Gasteiger partial charge is 0.382 e. The van der Waals surface area contributed by atoms with E-state index in [1.165, 1.54) is 25.5 Å². The second-order valence-corrected chi connectivity index (χ2v) is 8.36. The quantitative estimate of drug-likeness (QED) is 0.870. The van der Waals surface area contributed by atoms with Crippen LogP contribution >= 0.6 is 11.5 Å². The van der Waals surface area contributed by atoms with Crippen molar-refractivity contribution in [3.63, 3.8) is 0 Å². The SMILES string of the molecule is CS(=O)(=O)c1c(N)nsc1NC1CCN2CCCCC12. The van der Waals surface area contributed by atoms with Gasteiger partial charge in [0.25, 0.3) is 0 Å². The minimum atomic E-state index is -3.34. The molecule has 3 rings (SSSR count). The normalized spacial score (nSPS) is 27.4. The number of aromatic nitrogens is 1. The Morgan fingerprint density at radius 2 is 2.15 bits per heavy atom. The van der Waals surface area contributed by atoms with Crippen LogP contribution in [0, 0.1) is 0 Å². The highest BCUT2D eigenvalue weighted by Crippen LogP contribution is 2.35. The summed E-state index contributed by atoms with van der Waals surface area (Å²) in [4.78, 5) is 2.67. The Labute approximate surface area is 123 Å². The first kappa shape index (κ1) is 14.1. The van der Waals surface area contributed by atoms with Gasteiger partial charge in [-0.05, 0) is 37.3 Å². The molecule has 1 aromatic rings. The zero-order valence-corrected chi connectivity index (χ0v) is 13.1. The van der Waals surface area contributed by atoms with Crippen LogP contribution in [0.1, 0.15) is 25.7 Å². The van der Waals surface area contributed by atoms with Crippen molar-refractivity contribution in [1.82, 2.24) is 9.27 Å². The highest BCUT2D eigenvalue weighted by Gasteiger charge is 2.36. The first-order chi connectivity index (χ1) is 9.47. The summed E-state index contributed by atoms with van der Waals surface area (Å²) in [5, 5.41) is 3.99. The Morgan fingerprint density at radius 3 is 2.90 bits per heavy atom. The van der Waals surface area contributed by atoms with Gasteiger partial charge in [0, 0.05) is 24.9 Å². The molecule has 20 heavy (non-hydrogen) atoms. The molecule has 0 amide bonds. The monoisotopic (exact) mass is 316 g/mol. The summed E-state index contributed by atoms with van der Waals surface area (Å²) in [6.07, 6.45) is 5.93. The second-order valence-electron chi connectivity index (χ2n) is 5.64. The maximum absolute atomic E-state index is 11.8. The van der Waals surface area contributed by atoms with E-state index in [1.807, 2.05) is 0 Å². The Bertz CT molecular complexity index is 599. The molecule has 2 saturated heterocycles. The van der Waals surface area contributed by atoms with E-state index in [9.17, 15) is 8.42 Å². The van der Waals surface area contributed by atoms with Gasteiger partial charge in [0.15, 0.2) is 15.7 Å². The molecule has 2 aliphatic rings. The first-order valence-electron chi connectivity index (χ1n) is 6.92. The Kier molecular flexibility index (Phi) is 3.64. The van der Waals surface area contributed by atoms with Crippen LogP contribution in [0.25, 0.3) is 0 Å². The van der Waals surface area contributed by atoms with Gasteiger partial charge in [0.1, 0.15) is 9.90 Å². The molecule has 0 aliphatic carbocycles. The molecule has 112 valence electrons. The minimum absolute atomic E-state index is 0.110. The van der Waals surface area contributed by atoms with Gasteiger partial charge in [0.05, 0.1) is 0 Å². The van der Waals surface area contributed by atoms with E-state index in [2.05, 4.69) is 14.6 Å². The summed E-state index contributed by atoms with van der Waals surface area (Å²) in [5.41, 5.74) is 5.70. The second kappa shape index (κ2) is 5.16. The molecule has 2 fully saturated rings. The highest BCUT2D eigenvalue weighted by atomic mass is 32.2. The summed E-state index contributed by atoms with van der Waals surface area (Å²) in [6.45, 7) is 2.25. The molecule has 0 spiro atoms. The van der Waals surface area contributed by atoms with Crippen molar-refractivity contribution >= 4 is 32.2 Å². The lowest BCUT2D eigenvalue weighted by Crippen LogP contribution is -2.41. The number of hydrogen-bond donors (Lipinski definition) is 2. The molecule has 0 radical (unpaired) electrons. The highest BCUT2D eigenvalue weighted by molar-refractivity contribution is 7.91. The maximum atomic E-state index is 11.8. The van der Waals surface area contributed by atoms with Gasteiger partial charge in [-0.25, -0.2) is 8.42 Å². The molecule has 3 N–H and O–H groups in total. The number of nitrogens with zero attached hydrogens (tertiary/aromatic N) is 2. The molecule has 3 heterocycles. The van der Waals surface area contributed by atoms with E-state index < -0.39 is 9.84 Å². The number of sulfone groups is 1. The van der Waals surface area contributed by atoms with Gasteiger partial charge < -0.3 is 11.1 Å². The molecule has 0 bridgehead atoms. The lowest BCUT2D eigenvalue weighted by Gasteiger charge is -2.32. The summed E-state index contributed by atoms with van der Waals surface area (Å²) >= 11 is 1.15. The van der Waals surface area contributed by atoms with Crippen molar-refractivity contribution in [3.05, 3.63) is 0 Å². The third-order valence-corrected chi connectivity index (χ3v) is 6.29. The zero-order chi connectivity index (χ0) is 14.3. The predicted molar refractivity (Wildman–Crippen MR) is 80.9 cm³/mol. The fourth-order valence-corrected chi connectivity index (χ4v) is 5.45. The van der Waals surface area contributed by atoms with Crippen molar-refractivity contribution < 1.29 is 8.42 Å². The Balaban J connectivity index is 1.82. The van der Waals surface area contributed by atoms with Gasteiger partial charge in [-0.2, -0.15) is 4.37 Å². The van der Waals surface area contributed by atoms with Crippen LogP contribution in [-0.4, -0.2) is 49.1 Å². The van der Waals surface area contributed by atoms with Crippen molar-refractivity contribution in [2.24, 2.45) is 0 Å². The van der Waals surface area contributed by atoms with Crippen LogP contribution in [0.5, 0.6) is 0 Å². The molecule has 2 unspecified atom stereocenters. The summed E-state index contributed by atoms with van der Waals surface area (Å²) in [6, 6.07) is 0.815. The van der Waals surface area contributed by atoms with Gasteiger partial charge in [-0.3, -0.25) is 4.90 Å². The molecular formula is C12H20N4O2S2. The molecule has 6 nitrogen and oxygen atoms in total. The van der Waals surface area contributed by atoms with Crippen LogP contribution in [0.2, 0.25) is 0 Å². The Morgan fingerprint density at radius 1 is 1.35 bits per heavy atom. The lowest BCUT2D eigenvalue weighted by molar-refractivity contribution is 0.193. The van der Waals surface area contributed by atoms with Crippen molar-refractivity contribution in [2.75, 3.05) is 30.4 Å². The number of nitrogens with two attached hydrogens (primary N) is 1. The van der Waals surface area contributed by atoms with Gasteiger partial charge in [-0.15, -0.1) is 0 Å². The van der Waals surface area contributed by atoms with Gasteiger partial charge in [0.2, 0.25) is 0 Å². The third-order valence-electron chi connectivity index (χ3n) is 4.22. The van der Waals surface area contributed by atoms with Crippen LogP contribution < -0.4 is 11.1 Å². The number of fused-ring (bicyclic) bond motifs is 1. The van der Waals surface area contributed by atoms with Crippen LogP contribution in [0.3, 0.4) is 0 Å². The van der Waals surface area contributed by atoms with E-state index in [0.717, 1.165) is 31.0 Å². The predicted octanol–water partition coefficient (Wildman–Crippen LogP) is 1.17. The summed E-state index contributed by atoms with van der Waals surface area (Å²) < 4.78 is 27.7. The number of rotatable bonds is 3. The number of anilines is 2. The number of piperidine rings is 1. The molecule has 1 aromatic heterocycles. The third kappa shape index (κ3) is 2.51. The minimum Gasteiger partial charge on any atom is -0.382 e. The molecule has 2 aliphatic heterocycles. The number of nitrogen functional groups attached to an aromatic ring is 1. The maximum Gasteiger partial charge on any atom is 0.182 e. The molecular weight excluding hydrogens is 296 g/mol. The average Bonchev–Trinajstić information content (AvgIpc) is 2.94. The van der Waals surface area contributed by atoms with Crippen LogP contribution in [-0.2, 0) is 9.84 Å². The van der Waals surface area contributed by atoms with E-state index in [-0.39, 0.29) is 10.7 Å². The molecule has 0 aromatic carbocycles. The van der Waals surface area contributed by atoms with E-state index >= 15 is 0 Å². The first-order valence-corrected chi connectivity index (χ1v) is 9.59. The molecule has 8 heteroatoms. The zero-order valence-electron chi connectivity index (χ0n) is 11.5. The standard InChI is InChI=1S/C12H20N4O2S2/c1-20(17,18)10-11(13)15-19-12(10)14-8-5-7-16-6-3-2-4-9(8)16/h8-9,14H,2-7H2,1H3,(H2,13,15). The van der Waals surface area contributed by atoms with Crippen molar-refractivity contribution in [1.29, 1.82) is 0 Å². The van der Waals surface area contributed by atoms with Crippen molar-refractivity contribution in [3.8, 4) is 0 Å². The summed E-state index contributed by atoms with van der Waals surface area (Å²) in [7, 11) is -3.34.